The molecule has 0 aliphatic heterocycles. The highest BCUT2D eigenvalue weighted by atomic mass is 16.1. The second kappa shape index (κ2) is 6.05. The standard InChI is InChI=1S/C14H22N2O/c15-10-13(12-7-2-1-3-8-12)16-14(17)9-11-5-4-6-11/h11-13H,1-9H2,(H,16,17). The topological polar surface area (TPSA) is 52.9 Å². The van der Waals surface area contributed by atoms with Crippen LogP contribution in [0.5, 0.6) is 0 Å². The molecule has 2 fully saturated rings. The fourth-order valence-corrected chi connectivity index (χ4v) is 2.91. The quantitative estimate of drug-likeness (QED) is 0.813. The number of rotatable bonds is 4. The molecule has 0 radical (unpaired) electrons. The van der Waals surface area contributed by atoms with E-state index in [0.717, 1.165) is 12.8 Å². The molecule has 3 heteroatoms. The molecule has 2 saturated carbocycles. The Bertz CT molecular complexity index is 298. The fraction of sp³-hybridized carbons (Fsp3) is 0.857. The molecule has 94 valence electrons. The van der Waals surface area contributed by atoms with Gasteiger partial charge in [-0.05, 0) is 37.5 Å². The third kappa shape index (κ3) is 3.46. The van der Waals surface area contributed by atoms with E-state index in [9.17, 15) is 4.79 Å². The summed E-state index contributed by atoms with van der Waals surface area (Å²) in [7, 11) is 0. The van der Waals surface area contributed by atoms with Crippen molar-refractivity contribution in [1.29, 1.82) is 5.26 Å². The first-order valence-corrected chi connectivity index (χ1v) is 6.98. The maximum Gasteiger partial charge on any atom is 0.221 e. The smallest absolute Gasteiger partial charge is 0.221 e. The van der Waals surface area contributed by atoms with Crippen molar-refractivity contribution in [2.45, 2.75) is 63.8 Å². The normalized spacial score (nSPS) is 23.5. The zero-order chi connectivity index (χ0) is 12.1. The van der Waals surface area contributed by atoms with Gasteiger partial charge in [0.1, 0.15) is 6.04 Å². The van der Waals surface area contributed by atoms with Gasteiger partial charge in [0.2, 0.25) is 5.91 Å². The molecule has 17 heavy (non-hydrogen) atoms. The van der Waals surface area contributed by atoms with Crippen LogP contribution in [-0.2, 0) is 4.79 Å². The fourth-order valence-electron chi connectivity index (χ4n) is 2.91. The largest absolute Gasteiger partial charge is 0.340 e. The minimum atomic E-state index is -0.247. The molecule has 0 aromatic carbocycles. The predicted molar refractivity (Wildman–Crippen MR) is 66.1 cm³/mol. The third-order valence-electron chi connectivity index (χ3n) is 4.28. The van der Waals surface area contributed by atoms with Crippen LogP contribution in [0.25, 0.3) is 0 Å². The molecule has 0 aromatic heterocycles. The van der Waals surface area contributed by atoms with E-state index in [4.69, 9.17) is 5.26 Å². The Balaban J connectivity index is 1.77. The highest BCUT2D eigenvalue weighted by Gasteiger charge is 2.26. The van der Waals surface area contributed by atoms with Gasteiger partial charge >= 0.3 is 0 Å². The van der Waals surface area contributed by atoms with Crippen LogP contribution in [0.3, 0.4) is 0 Å². The van der Waals surface area contributed by atoms with Crippen LogP contribution < -0.4 is 5.32 Å². The van der Waals surface area contributed by atoms with Gasteiger partial charge in [-0.1, -0.05) is 25.7 Å². The molecule has 2 rings (SSSR count). The summed E-state index contributed by atoms with van der Waals surface area (Å²) in [5, 5.41) is 12.1. The van der Waals surface area contributed by atoms with Crippen LogP contribution in [0.2, 0.25) is 0 Å². The molecule has 1 amide bonds. The van der Waals surface area contributed by atoms with Gasteiger partial charge in [0, 0.05) is 6.42 Å². The van der Waals surface area contributed by atoms with Gasteiger partial charge in [-0.15, -0.1) is 0 Å². The molecule has 1 atom stereocenters. The SMILES string of the molecule is N#CC(NC(=O)CC1CCC1)C1CCCCC1. The number of carbonyl (C=O) groups is 1. The minimum Gasteiger partial charge on any atom is -0.340 e. The van der Waals surface area contributed by atoms with Crippen molar-refractivity contribution < 1.29 is 4.79 Å². The first-order valence-electron chi connectivity index (χ1n) is 6.98. The summed E-state index contributed by atoms with van der Waals surface area (Å²) < 4.78 is 0. The molecular weight excluding hydrogens is 212 g/mol. The molecule has 2 aliphatic carbocycles. The molecular formula is C14H22N2O. The number of nitrogens with zero attached hydrogens (tertiary/aromatic N) is 1. The lowest BCUT2D eigenvalue weighted by Crippen LogP contribution is -2.41. The molecule has 0 aromatic rings. The number of amides is 1. The van der Waals surface area contributed by atoms with E-state index in [0.29, 0.717) is 18.3 Å². The number of hydrogen-bond donors (Lipinski definition) is 1. The van der Waals surface area contributed by atoms with Crippen molar-refractivity contribution in [2.24, 2.45) is 11.8 Å². The number of nitrogens with one attached hydrogen (secondary N) is 1. The van der Waals surface area contributed by atoms with E-state index >= 15 is 0 Å². The molecule has 0 spiro atoms. The van der Waals surface area contributed by atoms with E-state index in [2.05, 4.69) is 11.4 Å². The lowest BCUT2D eigenvalue weighted by molar-refractivity contribution is -0.123. The number of hydrogen-bond acceptors (Lipinski definition) is 2. The average molecular weight is 234 g/mol. The first kappa shape index (κ1) is 12.4. The van der Waals surface area contributed by atoms with Crippen LogP contribution in [0.4, 0.5) is 0 Å². The Morgan fingerprint density at radius 3 is 2.41 bits per heavy atom. The van der Waals surface area contributed by atoms with Gasteiger partial charge in [-0.3, -0.25) is 4.79 Å². The Morgan fingerprint density at radius 2 is 1.88 bits per heavy atom. The van der Waals surface area contributed by atoms with Gasteiger partial charge in [0.05, 0.1) is 6.07 Å². The second-order valence-electron chi connectivity index (χ2n) is 5.57. The van der Waals surface area contributed by atoms with Crippen molar-refractivity contribution in [3.63, 3.8) is 0 Å². The van der Waals surface area contributed by atoms with Crippen LogP contribution in [0, 0.1) is 23.2 Å². The van der Waals surface area contributed by atoms with Gasteiger partial charge in [-0.25, -0.2) is 0 Å². The summed E-state index contributed by atoms with van der Waals surface area (Å²) in [5.74, 6) is 1.06. The summed E-state index contributed by atoms with van der Waals surface area (Å²) in [4.78, 5) is 11.8. The maximum absolute atomic E-state index is 11.8. The Kier molecular flexibility index (Phi) is 4.42. The van der Waals surface area contributed by atoms with E-state index in [1.165, 1.54) is 38.5 Å². The minimum absolute atomic E-state index is 0.0897. The molecule has 0 heterocycles. The maximum atomic E-state index is 11.8. The van der Waals surface area contributed by atoms with Crippen LogP contribution >= 0.6 is 0 Å². The molecule has 0 bridgehead atoms. The van der Waals surface area contributed by atoms with Crippen LogP contribution in [0.1, 0.15) is 57.8 Å². The lowest BCUT2D eigenvalue weighted by Gasteiger charge is -2.28. The van der Waals surface area contributed by atoms with Crippen LogP contribution in [-0.4, -0.2) is 11.9 Å². The monoisotopic (exact) mass is 234 g/mol. The van der Waals surface area contributed by atoms with E-state index < -0.39 is 0 Å². The van der Waals surface area contributed by atoms with Crippen molar-refractivity contribution in [2.75, 3.05) is 0 Å². The molecule has 1 unspecified atom stereocenters. The van der Waals surface area contributed by atoms with Crippen LogP contribution in [0.15, 0.2) is 0 Å². The predicted octanol–water partition coefficient (Wildman–Crippen LogP) is 2.77. The summed E-state index contributed by atoms with van der Waals surface area (Å²) in [6.45, 7) is 0. The third-order valence-corrected chi connectivity index (χ3v) is 4.28. The van der Waals surface area contributed by atoms with Gasteiger partial charge in [0.15, 0.2) is 0 Å². The molecule has 2 aliphatic rings. The number of nitriles is 1. The Labute approximate surface area is 104 Å². The summed E-state index contributed by atoms with van der Waals surface area (Å²) in [6, 6.07) is 2.03. The molecule has 1 N–H and O–H groups in total. The van der Waals surface area contributed by atoms with Crippen molar-refractivity contribution in [1.82, 2.24) is 5.32 Å². The Morgan fingerprint density at radius 1 is 1.18 bits per heavy atom. The van der Waals surface area contributed by atoms with Gasteiger partial charge in [-0.2, -0.15) is 5.26 Å². The van der Waals surface area contributed by atoms with E-state index in [1.807, 2.05) is 0 Å². The summed E-state index contributed by atoms with van der Waals surface area (Å²) in [6.07, 6.45) is 10.2. The lowest BCUT2D eigenvalue weighted by atomic mass is 9.82. The first-order chi connectivity index (χ1) is 8.29. The zero-order valence-corrected chi connectivity index (χ0v) is 10.5. The highest BCUT2D eigenvalue weighted by molar-refractivity contribution is 5.77. The zero-order valence-electron chi connectivity index (χ0n) is 10.5. The van der Waals surface area contributed by atoms with E-state index in [1.54, 1.807) is 0 Å². The average Bonchev–Trinajstić information content (AvgIpc) is 2.32. The van der Waals surface area contributed by atoms with Gasteiger partial charge in [0.25, 0.3) is 0 Å². The van der Waals surface area contributed by atoms with Crippen molar-refractivity contribution >= 4 is 5.91 Å². The van der Waals surface area contributed by atoms with Crippen molar-refractivity contribution in [3.8, 4) is 6.07 Å². The van der Waals surface area contributed by atoms with Gasteiger partial charge < -0.3 is 5.32 Å². The summed E-state index contributed by atoms with van der Waals surface area (Å²) in [5.41, 5.74) is 0. The van der Waals surface area contributed by atoms with E-state index in [-0.39, 0.29) is 11.9 Å². The number of carbonyl (C=O) groups excluding carboxylic acids is 1. The second-order valence-corrected chi connectivity index (χ2v) is 5.57. The Hall–Kier alpha value is -1.04. The highest BCUT2D eigenvalue weighted by Crippen LogP contribution is 2.30. The molecule has 0 saturated heterocycles. The summed E-state index contributed by atoms with van der Waals surface area (Å²) >= 11 is 0. The van der Waals surface area contributed by atoms with Crippen molar-refractivity contribution in [3.05, 3.63) is 0 Å². The molecule has 3 nitrogen and oxygen atoms in total.